The van der Waals surface area contributed by atoms with Crippen molar-refractivity contribution < 1.29 is 0 Å². The number of imidazole rings is 1. The highest BCUT2D eigenvalue weighted by molar-refractivity contribution is 6.43. The van der Waals surface area contributed by atoms with Crippen LogP contribution in [-0.4, -0.2) is 14.5 Å². The van der Waals surface area contributed by atoms with Crippen LogP contribution in [0.3, 0.4) is 0 Å². The molecule has 0 atom stereocenters. The first-order valence-electron chi connectivity index (χ1n) is 5.75. The molecule has 21 heavy (non-hydrogen) atoms. The molecule has 0 fully saturated rings. The summed E-state index contributed by atoms with van der Waals surface area (Å²) in [5.74, 6) is 0.770. The molecule has 0 aliphatic rings. The van der Waals surface area contributed by atoms with Gasteiger partial charge in [-0.05, 0) is 18.2 Å². The summed E-state index contributed by atoms with van der Waals surface area (Å²) in [7, 11) is 0. The van der Waals surface area contributed by atoms with E-state index >= 15 is 0 Å². The van der Waals surface area contributed by atoms with Gasteiger partial charge in [0.1, 0.15) is 11.3 Å². The number of benzene rings is 1. The molecule has 0 N–H and O–H groups in total. The van der Waals surface area contributed by atoms with Crippen molar-refractivity contribution in [3.8, 4) is 5.69 Å². The van der Waals surface area contributed by atoms with Crippen molar-refractivity contribution in [2.45, 2.75) is 5.88 Å². The quantitative estimate of drug-likeness (QED) is 0.416. The molecule has 0 aliphatic carbocycles. The van der Waals surface area contributed by atoms with E-state index in [2.05, 4.69) is 9.97 Å². The van der Waals surface area contributed by atoms with Crippen molar-refractivity contribution in [2.75, 3.05) is 0 Å². The van der Waals surface area contributed by atoms with Crippen molar-refractivity contribution in [3.63, 3.8) is 0 Å². The van der Waals surface area contributed by atoms with Crippen molar-refractivity contribution in [3.05, 3.63) is 50.3 Å². The molecule has 2 aromatic heterocycles. The first-order chi connectivity index (χ1) is 10.0. The van der Waals surface area contributed by atoms with Gasteiger partial charge in [-0.2, -0.15) is 0 Å². The van der Waals surface area contributed by atoms with E-state index in [0.717, 1.165) is 0 Å². The fourth-order valence-corrected chi connectivity index (χ4v) is 2.97. The summed E-state index contributed by atoms with van der Waals surface area (Å²) in [6.07, 6.45) is 1.53. The highest BCUT2D eigenvalue weighted by Crippen LogP contribution is 2.34. The average molecular weight is 381 g/mol. The third-order valence-electron chi connectivity index (χ3n) is 2.88. The standard InChI is InChI=1S/C13H6Cl5N3/c14-4-12-20-10-1-6(15)5-19-13(10)21(12)11-3-8(17)7(16)2-9(11)18/h1-3,5H,4H2. The number of aromatic nitrogens is 3. The summed E-state index contributed by atoms with van der Waals surface area (Å²) >= 11 is 30.2. The zero-order valence-electron chi connectivity index (χ0n) is 10.2. The molecule has 108 valence electrons. The van der Waals surface area contributed by atoms with Gasteiger partial charge in [-0.1, -0.05) is 46.4 Å². The van der Waals surface area contributed by atoms with Crippen molar-refractivity contribution in [1.82, 2.24) is 14.5 Å². The van der Waals surface area contributed by atoms with Crippen LogP contribution in [0.5, 0.6) is 0 Å². The van der Waals surface area contributed by atoms with Gasteiger partial charge in [0, 0.05) is 6.20 Å². The number of nitrogens with zero attached hydrogens (tertiary/aromatic N) is 3. The van der Waals surface area contributed by atoms with Gasteiger partial charge < -0.3 is 0 Å². The molecular formula is C13H6Cl5N3. The Morgan fingerprint density at radius 1 is 0.952 bits per heavy atom. The van der Waals surface area contributed by atoms with Crippen LogP contribution >= 0.6 is 58.0 Å². The lowest BCUT2D eigenvalue weighted by atomic mass is 10.3. The Labute approximate surface area is 145 Å². The summed E-state index contributed by atoms with van der Waals surface area (Å²) < 4.78 is 1.74. The fourth-order valence-electron chi connectivity index (χ4n) is 2.01. The van der Waals surface area contributed by atoms with Gasteiger partial charge >= 0.3 is 0 Å². The lowest BCUT2D eigenvalue weighted by Gasteiger charge is -2.10. The van der Waals surface area contributed by atoms with Crippen molar-refractivity contribution in [2.24, 2.45) is 0 Å². The van der Waals surface area contributed by atoms with E-state index in [1.807, 2.05) is 0 Å². The molecule has 0 amide bonds. The maximum absolute atomic E-state index is 6.26. The minimum absolute atomic E-state index is 0.185. The zero-order valence-corrected chi connectivity index (χ0v) is 14.0. The third-order valence-corrected chi connectivity index (χ3v) is 4.35. The van der Waals surface area contributed by atoms with Crippen LogP contribution < -0.4 is 0 Å². The topological polar surface area (TPSA) is 30.7 Å². The summed E-state index contributed by atoms with van der Waals surface area (Å²) in [4.78, 5) is 8.70. The van der Waals surface area contributed by atoms with E-state index in [-0.39, 0.29) is 5.88 Å². The molecule has 3 rings (SSSR count). The highest BCUT2D eigenvalue weighted by atomic mass is 35.5. The third kappa shape index (κ3) is 2.69. The van der Waals surface area contributed by atoms with Gasteiger partial charge in [0.25, 0.3) is 0 Å². The van der Waals surface area contributed by atoms with Crippen LogP contribution in [0.25, 0.3) is 16.9 Å². The van der Waals surface area contributed by atoms with Crippen LogP contribution in [0.4, 0.5) is 0 Å². The van der Waals surface area contributed by atoms with Crippen LogP contribution in [-0.2, 0) is 5.88 Å². The van der Waals surface area contributed by atoms with E-state index < -0.39 is 0 Å². The summed E-state index contributed by atoms with van der Waals surface area (Å²) in [6, 6.07) is 4.93. The Hall–Kier alpha value is -0.710. The maximum Gasteiger partial charge on any atom is 0.164 e. The lowest BCUT2D eigenvalue weighted by molar-refractivity contribution is 0.970. The van der Waals surface area contributed by atoms with Gasteiger partial charge in [0.2, 0.25) is 0 Å². The summed E-state index contributed by atoms with van der Waals surface area (Å²) in [6.45, 7) is 0. The predicted octanol–water partition coefficient (Wildman–Crippen LogP) is 5.77. The van der Waals surface area contributed by atoms with Gasteiger partial charge in [-0.3, -0.25) is 4.57 Å². The zero-order chi connectivity index (χ0) is 15.1. The Kier molecular flexibility index (Phi) is 4.21. The van der Waals surface area contributed by atoms with Crippen LogP contribution in [0.1, 0.15) is 5.82 Å². The van der Waals surface area contributed by atoms with Gasteiger partial charge in [0.15, 0.2) is 5.65 Å². The number of alkyl halides is 1. The van der Waals surface area contributed by atoms with E-state index in [1.54, 1.807) is 22.8 Å². The van der Waals surface area contributed by atoms with Gasteiger partial charge in [-0.25, -0.2) is 9.97 Å². The Morgan fingerprint density at radius 2 is 1.67 bits per heavy atom. The second-order valence-electron chi connectivity index (χ2n) is 4.21. The van der Waals surface area contributed by atoms with E-state index in [0.29, 0.717) is 42.8 Å². The van der Waals surface area contributed by atoms with E-state index in [4.69, 9.17) is 58.0 Å². The molecule has 0 bridgehead atoms. The summed E-state index contributed by atoms with van der Waals surface area (Å²) in [5, 5.41) is 1.67. The molecule has 0 aliphatic heterocycles. The monoisotopic (exact) mass is 379 g/mol. The van der Waals surface area contributed by atoms with Crippen LogP contribution in [0.2, 0.25) is 20.1 Å². The highest BCUT2D eigenvalue weighted by Gasteiger charge is 2.17. The molecule has 2 heterocycles. The molecule has 1 aromatic carbocycles. The van der Waals surface area contributed by atoms with E-state index in [9.17, 15) is 0 Å². The first kappa shape index (κ1) is 15.2. The molecular weight excluding hydrogens is 375 g/mol. The number of hydrogen-bond acceptors (Lipinski definition) is 2. The minimum Gasteiger partial charge on any atom is -0.278 e. The largest absolute Gasteiger partial charge is 0.278 e. The maximum atomic E-state index is 6.26. The van der Waals surface area contributed by atoms with Crippen LogP contribution in [0, 0.1) is 0 Å². The lowest BCUT2D eigenvalue weighted by Crippen LogP contribution is -2.01. The normalized spacial score (nSPS) is 11.3. The fraction of sp³-hybridized carbons (Fsp3) is 0.0769. The molecule has 3 aromatic rings. The second kappa shape index (κ2) is 5.82. The molecule has 0 spiro atoms. The number of halogens is 5. The number of hydrogen-bond donors (Lipinski definition) is 0. The smallest absolute Gasteiger partial charge is 0.164 e. The Morgan fingerprint density at radius 3 is 2.38 bits per heavy atom. The second-order valence-corrected chi connectivity index (χ2v) is 6.14. The van der Waals surface area contributed by atoms with Crippen LogP contribution in [0.15, 0.2) is 24.4 Å². The van der Waals surface area contributed by atoms with Gasteiger partial charge in [0.05, 0.1) is 31.7 Å². The minimum atomic E-state index is 0.185. The Bertz CT molecular complexity index is 843. The van der Waals surface area contributed by atoms with Crippen molar-refractivity contribution >= 4 is 69.2 Å². The number of rotatable bonds is 2. The molecule has 0 radical (unpaired) electrons. The van der Waals surface area contributed by atoms with Crippen molar-refractivity contribution in [1.29, 1.82) is 0 Å². The summed E-state index contributed by atoms with van der Waals surface area (Å²) in [5.41, 5.74) is 1.83. The average Bonchev–Trinajstić information content (AvgIpc) is 2.80. The van der Waals surface area contributed by atoms with Gasteiger partial charge in [-0.15, -0.1) is 11.6 Å². The molecule has 8 heteroatoms. The molecule has 0 saturated carbocycles. The number of pyridine rings is 1. The predicted molar refractivity (Wildman–Crippen MR) is 88.5 cm³/mol. The SMILES string of the molecule is ClCc1nc2cc(Cl)cnc2n1-c1cc(Cl)c(Cl)cc1Cl. The first-order valence-corrected chi connectivity index (χ1v) is 7.79. The molecule has 0 unspecified atom stereocenters. The number of fused-ring (bicyclic) bond motifs is 1. The molecule has 0 saturated heterocycles. The molecule has 3 nitrogen and oxygen atoms in total. The Balaban J connectivity index is 2.36. The van der Waals surface area contributed by atoms with E-state index in [1.165, 1.54) is 6.20 Å².